The number of carboxylic acid groups (broad SMARTS) is 1. The first-order chi connectivity index (χ1) is 9.28. The Balaban J connectivity index is 2.14. The van der Waals surface area contributed by atoms with Gasteiger partial charge in [0.25, 0.3) is 5.56 Å². The van der Waals surface area contributed by atoms with Crippen LogP contribution < -0.4 is 10.9 Å². The van der Waals surface area contributed by atoms with Gasteiger partial charge >= 0.3 is 5.97 Å². The molecule has 1 heterocycles. The number of nitrogens with zero attached hydrogens (tertiary/aromatic N) is 1. The van der Waals surface area contributed by atoms with Crippen molar-refractivity contribution in [3.05, 3.63) is 28.7 Å². The highest BCUT2D eigenvalue weighted by Crippen LogP contribution is 2.58. The lowest BCUT2D eigenvalue weighted by atomic mass is 10.1. The van der Waals surface area contributed by atoms with Crippen LogP contribution in [0.1, 0.15) is 20.8 Å². The fraction of sp³-hybridized carbons (Fsp3) is 0.500. The number of aryl methyl sites for hydroxylation is 1. The highest BCUT2D eigenvalue weighted by molar-refractivity contribution is 5.99. The van der Waals surface area contributed by atoms with Crippen molar-refractivity contribution < 1.29 is 14.7 Å². The molecule has 0 spiro atoms. The van der Waals surface area contributed by atoms with Crippen molar-refractivity contribution in [3.63, 3.8) is 0 Å². The van der Waals surface area contributed by atoms with E-state index in [1.54, 1.807) is 20.0 Å². The molecule has 1 aliphatic carbocycles. The van der Waals surface area contributed by atoms with Gasteiger partial charge in [-0.15, -0.1) is 0 Å². The normalized spacial score (nSPS) is 23.1. The Labute approximate surface area is 116 Å². The first kappa shape index (κ1) is 14.3. The van der Waals surface area contributed by atoms with Gasteiger partial charge in [0.1, 0.15) is 0 Å². The number of pyridine rings is 1. The molecule has 1 aliphatic rings. The minimum atomic E-state index is -0.950. The van der Waals surface area contributed by atoms with Crippen LogP contribution in [0.5, 0.6) is 0 Å². The predicted molar refractivity (Wildman–Crippen MR) is 73.4 cm³/mol. The van der Waals surface area contributed by atoms with Crippen LogP contribution in [0.2, 0.25) is 0 Å². The van der Waals surface area contributed by atoms with Crippen molar-refractivity contribution >= 4 is 17.6 Å². The van der Waals surface area contributed by atoms with Crippen LogP contribution in [0.4, 0.5) is 5.69 Å². The lowest BCUT2D eigenvalue weighted by molar-refractivity contribution is -0.140. The Morgan fingerprint density at radius 2 is 2.00 bits per heavy atom. The quantitative estimate of drug-likeness (QED) is 0.865. The summed E-state index contributed by atoms with van der Waals surface area (Å²) in [6, 6.07) is 2.91. The number of anilines is 1. The zero-order chi connectivity index (χ0) is 15.1. The fourth-order valence-electron chi connectivity index (χ4n) is 2.66. The molecule has 0 aromatic carbocycles. The monoisotopic (exact) mass is 278 g/mol. The second-order valence-electron chi connectivity index (χ2n) is 5.65. The van der Waals surface area contributed by atoms with E-state index in [1.165, 1.54) is 16.7 Å². The number of amides is 1. The molecular weight excluding hydrogens is 260 g/mol. The predicted octanol–water partition coefficient (Wildman–Crippen LogP) is 1.16. The lowest BCUT2D eigenvalue weighted by Crippen LogP contribution is -2.21. The van der Waals surface area contributed by atoms with E-state index in [0.717, 1.165) is 0 Å². The second kappa shape index (κ2) is 4.77. The van der Waals surface area contributed by atoms with Crippen molar-refractivity contribution in [2.45, 2.75) is 27.3 Å². The first-order valence-electron chi connectivity index (χ1n) is 6.53. The van der Waals surface area contributed by atoms with Crippen molar-refractivity contribution in [2.75, 3.05) is 5.32 Å². The van der Waals surface area contributed by atoms with Crippen molar-refractivity contribution in [1.29, 1.82) is 0 Å². The van der Waals surface area contributed by atoms with Crippen LogP contribution in [0.15, 0.2) is 23.1 Å². The van der Waals surface area contributed by atoms with Crippen LogP contribution in [0.25, 0.3) is 0 Å². The van der Waals surface area contributed by atoms with E-state index in [2.05, 4.69) is 5.32 Å². The first-order valence-corrected chi connectivity index (χ1v) is 6.53. The van der Waals surface area contributed by atoms with E-state index < -0.39 is 23.2 Å². The minimum Gasteiger partial charge on any atom is -0.481 e. The van der Waals surface area contributed by atoms with Gasteiger partial charge in [-0.3, -0.25) is 14.4 Å². The van der Waals surface area contributed by atoms with Gasteiger partial charge in [0.15, 0.2) is 0 Å². The highest BCUT2D eigenvalue weighted by Gasteiger charge is 2.65. The summed E-state index contributed by atoms with van der Waals surface area (Å²) in [4.78, 5) is 34.6. The van der Waals surface area contributed by atoms with Gasteiger partial charge in [0.2, 0.25) is 5.91 Å². The lowest BCUT2D eigenvalue weighted by Gasteiger charge is -2.08. The van der Waals surface area contributed by atoms with E-state index in [-0.39, 0.29) is 11.5 Å². The number of carbonyl (C=O) groups excluding carboxylic acids is 1. The van der Waals surface area contributed by atoms with E-state index in [9.17, 15) is 14.4 Å². The van der Waals surface area contributed by atoms with Crippen LogP contribution >= 0.6 is 0 Å². The zero-order valence-electron chi connectivity index (χ0n) is 11.7. The van der Waals surface area contributed by atoms with Gasteiger partial charge < -0.3 is 15.0 Å². The molecule has 1 aromatic heterocycles. The SMILES string of the molecule is CCn1cc(NC(=O)C2C(C(=O)O)C2(C)C)ccc1=O. The summed E-state index contributed by atoms with van der Waals surface area (Å²) in [6.07, 6.45) is 1.56. The van der Waals surface area contributed by atoms with Crippen LogP contribution in [-0.2, 0) is 16.1 Å². The van der Waals surface area contributed by atoms with Crippen molar-refractivity contribution in [3.8, 4) is 0 Å². The average molecular weight is 278 g/mol. The number of nitrogens with one attached hydrogen (secondary N) is 1. The third-order valence-corrected chi connectivity index (χ3v) is 3.97. The van der Waals surface area contributed by atoms with E-state index in [1.807, 2.05) is 6.92 Å². The average Bonchev–Trinajstić information content (AvgIpc) is 2.95. The molecule has 20 heavy (non-hydrogen) atoms. The Hall–Kier alpha value is -2.11. The third-order valence-electron chi connectivity index (χ3n) is 3.97. The van der Waals surface area contributed by atoms with Crippen LogP contribution in [0, 0.1) is 17.3 Å². The molecular formula is C14H18N2O4. The molecule has 2 rings (SSSR count). The van der Waals surface area contributed by atoms with Crippen LogP contribution in [-0.4, -0.2) is 21.6 Å². The maximum Gasteiger partial charge on any atom is 0.307 e. The number of hydrogen-bond donors (Lipinski definition) is 2. The Morgan fingerprint density at radius 1 is 1.35 bits per heavy atom. The smallest absolute Gasteiger partial charge is 0.307 e. The topological polar surface area (TPSA) is 88.4 Å². The zero-order valence-corrected chi connectivity index (χ0v) is 11.7. The number of carboxylic acids is 1. The molecule has 1 aromatic rings. The molecule has 1 saturated carbocycles. The van der Waals surface area contributed by atoms with Gasteiger partial charge in [-0.1, -0.05) is 13.8 Å². The molecule has 2 atom stereocenters. The summed E-state index contributed by atoms with van der Waals surface area (Å²) in [5.74, 6) is -2.46. The molecule has 0 saturated heterocycles. The molecule has 0 radical (unpaired) electrons. The Morgan fingerprint density at radius 3 is 2.50 bits per heavy atom. The summed E-state index contributed by atoms with van der Waals surface area (Å²) in [7, 11) is 0. The van der Waals surface area contributed by atoms with E-state index in [0.29, 0.717) is 12.2 Å². The van der Waals surface area contributed by atoms with Gasteiger partial charge in [0.05, 0.1) is 17.5 Å². The Kier molecular flexibility index (Phi) is 3.41. The molecule has 1 fully saturated rings. The number of rotatable bonds is 4. The largest absolute Gasteiger partial charge is 0.481 e. The fourth-order valence-corrected chi connectivity index (χ4v) is 2.66. The molecule has 0 aliphatic heterocycles. The summed E-state index contributed by atoms with van der Waals surface area (Å²) < 4.78 is 1.47. The van der Waals surface area contributed by atoms with Gasteiger partial charge in [0, 0.05) is 18.8 Å². The number of aromatic nitrogens is 1. The van der Waals surface area contributed by atoms with Gasteiger partial charge in [-0.05, 0) is 18.4 Å². The highest BCUT2D eigenvalue weighted by atomic mass is 16.4. The summed E-state index contributed by atoms with van der Waals surface area (Å²) in [6.45, 7) is 5.87. The molecule has 6 nitrogen and oxygen atoms in total. The second-order valence-corrected chi connectivity index (χ2v) is 5.65. The maximum absolute atomic E-state index is 12.1. The summed E-state index contributed by atoms with van der Waals surface area (Å²) in [5.41, 5.74) is -0.168. The Bertz CT molecular complexity index is 618. The molecule has 2 unspecified atom stereocenters. The van der Waals surface area contributed by atoms with Gasteiger partial charge in [-0.2, -0.15) is 0 Å². The molecule has 1 amide bonds. The van der Waals surface area contributed by atoms with E-state index in [4.69, 9.17) is 5.11 Å². The van der Waals surface area contributed by atoms with Crippen LogP contribution in [0.3, 0.4) is 0 Å². The van der Waals surface area contributed by atoms with Gasteiger partial charge in [-0.25, -0.2) is 0 Å². The summed E-state index contributed by atoms with van der Waals surface area (Å²) in [5, 5.41) is 11.8. The van der Waals surface area contributed by atoms with Crippen molar-refractivity contribution in [1.82, 2.24) is 4.57 Å². The minimum absolute atomic E-state index is 0.138. The molecule has 108 valence electrons. The van der Waals surface area contributed by atoms with Crippen molar-refractivity contribution in [2.24, 2.45) is 17.3 Å². The number of aliphatic carboxylic acids is 1. The summed E-state index contributed by atoms with van der Waals surface area (Å²) >= 11 is 0. The molecule has 0 bridgehead atoms. The van der Waals surface area contributed by atoms with E-state index >= 15 is 0 Å². The number of hydrogen-bond acceptors (Lipinski definition) is 3. The third kappa shape index (κ3) is 2.33. The molecule has 2 N–H and O–H groups in total. The maximum atomic E-state index is 12.1. The number of carbonyl (C=O) groups is 2. The molecule has 6 heteroatoms. The standard InChI is InChI=1S/C14H18N2O4/c1-4-16-7-8(5-6-9(16)17)15-12(18)10-11(13(19)20)14(10,2)3/h5-7,10-11H,4H2,1-3H3,(H,15,18)(H,19,20).